The van der Waals surface area contributed by atoms with Gasteiger partial charge in [0.15, 0.2) is 11.0 Å². The standard InChI is InChI=1S/C15H11Cl3N2O/c16-10-6-7-12-11(8-10)13(9-4-2-1-3-5-9)20(21)15(19-12)14(17)18/h1-8,14-15,21H. The summed E-state index contributed by atoms with van der Waals surface area (Å²) < 4.78 is 0. The molecule has 0 radical (unpaired) electrons. The first-order chi connectivity index (χ1) is 10.1. The highest BCUT2D eigenvalue weighted by Crippen LogP contribution is 2.24. The van der Waals surface area contributed by atoms with Crippen molar-refractivity contribution in [3.8, 4) is 0 Å². The lowest BCUT2D eigenvalue weighted by atomic mass is 10.1. The molecule has 1 aliphatic heterocycles. The molecule has 0 bridgehead atoms. The third-order valence-electron chi connectivity index (χ3n) is 3.24. The fourth-order valence-electron chi connectivity index (χ4n) is 2.31. The maximum absolute atomic E-state index is 10.5. The number of hydrogen-bond acceptors (Lipinski definition) is 3. The van der Waals surface area contributed by atoms with E-state index in [0.29, 0.717) is 16.1 Å². The Kier molecular flexibility index (Phi) is 4.09. The number of benzene rings is 2. The Morgan fingerprint density at radius 1 is 1.10 bits per heavy atom. The van der Waals surface area contributed by atoms with E-state index in [1.165, 1.54) is 0 Å². The molecule has 0 saturated carbocycles. The Morgan fingerprint density at radius 3 is 2.48 bits per heavy atom. The number of halogens is 3. The molecule has 0 saturated heterocycles. The summed E-state index contributed by atoms with van der Waals surface area (Å²) in [4.78, 5) is 3.51. The van der Waals surface area contributed by atoms with Gasteiger partial charge in [0.25, 0.3) is 0 Å². The second-order valence-corrected chi connectivity index (χ2v) is 6.20. The largest absolute Gasteiger partial charge is 0.286 e. The zero-order valence-electron chi connectivity index (χ0n) is 10.7. The van der Waals surface area contributed by atoms with Crippen LogP contribution >= 0.6 is 34.8 Å². The molecular formula is C15H11Cl3N2O. The molecule has 21 heavy (non-hydrogen) atoms. The van der Waals surface area contributed by atoms with Crippen LogP contribution in [0.2, 0.25) is 5.02 Å². The summed E-state index contributed by atoms with van der Waals surface area (Å²) in [5.74, 6) is 0. The third-order valence-corrected chi connectivity index (χ3v) is 3.92. The Hall–Kier alpha value is -1.26. The van der Waals surface area contributed by atoms with Crippen LogP contribution in [0.3, 0.4) is 0 Å². The lowest BCUT2D eigenvalue weighted by molar-refractivity contribution is -0.0629. The molecule has 0 aliphatic carbocycles. The Labute approximate surface area is 136 Å². The number of hydrogen-bond donors (Lipinski definition) is 1. The Bertz CT molecular complexity index is 777. The highest BCUT2D eigenvalue weighted by Gasteiger charge is 2.29. The molecule has 108 valence electrons. The van der Waals surface area contributed by atoms with Crippen LogP contribution in [0.25, 0.3) is 5.70 Å². The van der Waals surface area contributed by atoms with Gasteiger partial charge in [0.05, 0.1) is 11.1 Å². The lowest BCUT2D eigenvalue weighted by Gasteiger charge is -2.30. The van der Waals surface area contributed by atoms with Crippen LogP contribution in [-0.4, -0.2) is 21.3 Å². The Morgan fingerprint density at radius 2 is 1.81 bits per heavy atom. The molecule has 1 atom stereocenters. The van der Waals surface area contributed by atoms with Crippen LogP contribution in [-0.2, 0) is 0 Å². The molecule has 3 rings (SSSR count). The predicted octanol–water partition coefficient (Wildman–Crippen LogP) is 2.95. The van der Waals surface area contributed by atoms with Crippen molar-refractivity contribution >= 4 is 40.5 Å². The number of hydroxylamine groups is 2. The topological polar surface area (TPSA) is 35.8 Å². The van der Waals surface area contributed by atoms with Crippen molar-refractivity contribution < 1.29 is 5.21 Å². The molecule has 6 heteroatoms. The van der Waals surface area contributed by atoms with Gasteiger partial charge in [0, 0.05) is 15.8 Å². The van der Waals surface area contributed by atoms with Gasteiger partial charge in [-0.2, -0.15) is 0 Å². The van der Waals surface area contributed by atoms with Gasteiger partial charge in [-0.1, -0.05) is 41.9 Å². The predicted molar refractivity (Wildman–Crippen MR) is 84.1 cm³/mol. The van der Waals surface area contributed by atoms with Crippen LogP contribution in [0.5, 0.6) is 0 Å². The van der Waals surface area contributed by atoms with Gasteiger partial charge in [-0.25, -0.2) is 5.06 Å². The summed E-state index contributed by atoms with van der Waals surface area (Å²) in [5.41, 5.74) is 1.41. The van der Waals surface area contributed by atoms with Crippen molar-refractivity contribution in [3.63, 3.8) is 0 Å². The van der Waals surface area contributed by atoms with Gasteiger partial charge in [0.2, 0.25) is 0 Å². The molecule has 0 fully saturated rings. The fraction of sp³-hybridized carbons (Fsp3) is 0.133. The zero-order valence-corrected chi connectivity index (χ0v) is 13.0. The van der Waals surface area contributed by atoms with Gasteiger partial charge in [0.1, 0.15) is 0 Å². The van der Waals surface area contributed by atoms with Crippen LogP contribution in [0.1, 0.15) is 5.56 Å². The number of alkyl halides is 2. The van der Waals surface area contributed by atoms with Gasteiger partial charge in [-0.05, 0) is 18.2 Å². The highest BCUT2D eigenvalue weighted by atomic mass is 35.5. The smallest absolute Gasteiger partial charge is 0.176 e. The van der Waals surface area contributed by atoms with E-state index in [-0.39, 0.29) is 0 Å². The van der Waals surface area contributed by atoms with Gasteiger partial charge >= 0.3 is 0 Å². The zero-order chi connectivity index (χ0) is 15.0. The fourth-order valence-corrected chi connectivity index (χ4v) is 2.81. The first-order valence-electron chi connectivity index (χ1n) is 6.27. The summed E-state index contributed by atoms with van der Waals surface area (Å²) in [7, 11) is 0. The van der Waals surface area contributed by atoms with Crippen molar-refractivity contribution in [1.29, 1.82) is 0 Å². The molecule has 2 aromatic rings. The van der Waals surface area contributed by atoms with E-state index < -0.39 is 11.0 Å². The number of rotatable bonds is 2. The molecular weight excluding hydrogens is 331 g/mol. The van der Waals surface area contributed by atoms with E-state index in [0.717, 1.165) is 15.8 Å². The van der Waals surface area contributed by atoms with E-state index in [1.54, 1.807) is 18.2 Å². The SMILES string of the molecule is ON1C(c2ccccc2)=c2cc(Cl)ccc2=NC1C(Cl)Cl. The number of fused-ring (bicyclic) bond motifs is 1. The molecule has 1 N–H and O–H groups in total. The molecule has 1 unspecified atom stereocenters. The molecule has 2 aromatic carbocycles. The maximum Gasteiger partial charge on any atom is 0.176 e. The quantitative estimate of drug-likeness (QED) is 0.853. The summed E-state index contributed by atoms with van der Waals surface area (Å²) in [6.07, 6.45) is -0.766. The van der Waals surface area contributed by atoms with E-state index in [9.17, 15) is 5.21 Å². The van der Waals surface area contributed by atoms with E-state index in [4.69, 9.17) is 34.8 Å². The van der Waals surface area contributed by atoms with Crippen molar-refractivity contribution in [2.75, 3.05) is 0 Å². The third kappa shape index (κ3) is 2.74. The summed E-state index contributed by atoms with van der Waals surface area (Å²) in [6, 6.07) is 14.8. The first kappa shape index (κ1) is 14.7. The van der Waals surface area contributed by atoms with Gasteiger partial charge < -0.3 is 0 Å². The minimum atomic E-state index is -0.863. The first-order valence-corrected chi connectivity index (χ1v) is 7.52. The highest BCUT2D eigenvalue weighted by molar-refractivity contribution is 6.44. The van der Waals surface area contributed by atoms with Crippen LogP contribution in [0.15, 0.2) is 53.5 Å². The van der Waals surface area contributed by atoms with Crippen LogP contribution < -0.4 is 10.6 Å². The van der Waals surface area contributed by atoms with Crippen LogP contribution in [0, 0.1) is 0 Å². The van der Waals surface area contributed by atoms with Crippen LogP contribution in [0.4, 0.5) is 0 Å². The maximum atomic E-state index is 10.5. The summed E-state index contributed by atoms with van der Waals surface area (Å²) in [5, 5.41) is 13.5. The van der Waals surface area contributed by atoms with E-state index in [1.807, 2.05) is 30.3 Å². The molecule has 3 nitrogen and oxygen atoms in total. The minimum absolute atomic E-state index is 0.567. The van der Waals surface area contributed by atoms with E-state index in [2.05, 4.69) is 4.99 Å². The monoisotopic (exact) mass is 340 g/mol. The average Bonchev–Trinajstić information content (AvgIpc) is 2.47. The van der Waals surface area contributed by atoms with E-state index >= 15 is 0 Å². The van der Waals surface area contributed by atoms with Crippen molar-refractivity contribution in [2.45, 2.75) is 11.0 Å². The molecule has 1 heterocycles. The van der Waals surface area contributed by atoms with Gasteiger partial charge in [-0.15, -0.1) is 23.2 Å². The van der Waals surface area contributed by atoms with Crippen molar-refractivity contribution in [3.05, 3.63) is 69.7 Å². The van der Waals surface area contributed by atoms with Gasteiger partial charge in [-0.3, -0.25) is 10.2 Å². The normalized spacial score (nSPS) is 17.7. The summed E-state index contributed by atoms with van der Waals surface area (Å²) in [6.45, 7) is 0. The molecule has 0 amide bonds. The molecule has 0 aromatic heterocycles. The summed E-state index contributed by atoms with van der Waals surface area (Å²) >= 11 is 17.9. The molecule has 0 spiro atoms. The second kappa shape index (κ2) is 5.85. The van der Waals surface area contributed by atoms with Crippen molar-refractivity contribution in [1.82, 2.24) is 5.06 Å². The van der Waals surface area contributed by atoms with Crippen molar-refractivity contribution in [2.24, 2.45) is 4.99 Å². The average molecular weight is 342 g/mol. The Balaban J connectivity index is 2.35. The molecule has 1 aliphatic rings. The minimum Gasteiger partial charge on any atom is -0.286 e. The second-order valence-electron chi connectivity index (χ2n) is 4.60. The number of nitrogens with zero attached hydrogens (tertiary/aromatic N) is 2. The lowest BCUT2D eigenvalue weighted by Crippen LogP contribution is -2.47.